The Balaban J connectivity index is 1.99. The lowest BCUT2D eigenvalue weighted by Gasteiger charge is -2.19. The van der Waals surface area contributed by atoms with Gasteiger partial charge in [0.15, 0.2) is 0 Å². The fourth-order valence-corrected chi connectivity index (χ4v) is 2.87. The number of halogens is 1. The fourth-order valence-electron chi connectivity index (χ4n) is 2.46. The van der Waals surface area contributed by atoms with E-state index < -0.39 is 0 Å². The largest absolute Gasteiger partial charge is 0.383 e. The maximum Gasteiger partial charge on any atom is 0.135 e. The van der Waals surface area contributed by atoms with Crippen LogP contribution in [0, 0.1) is 3.57 Å². The van der Waals surface area contributed by atoms with E-state index in [-0.39, 0.29) is 5.92 Å². The van der Waals surface area contributed by atoms with Crippen molar-refractivity contribution in [2.75, 3.05) is 5.73 Å². The molecule has 0 saturated heterocycles. The third kappa shape index (κ3) is 3.10. The van der Waals surface area contributed by atoms with Crippen LogP contribution in [0.5, 0.6) is 0 Å². The van der Waals surface area contributed by atoms with Gasteiger partial charge in [0.05, 0.1) is 16.3 Å². The predicted molar refractivity (Wildman–Crippen MR) is 94.1 cm³/mol. The summed E-state index contributed by atoms with van der Waals surface area (Å²) in [5, 5.41) is 4.39. The number of hydrogen-bond acceptors (Lipinski definition) is 2. The van der Waals surface area contributed by atoms with Crippen LogP contribution in [0.4, 0.5) is 5.82 Å². The van der Waals surface area contributed by atoms with Crippen molar-refractivity contribution in [2.24, 2.45) is 0 Å². The molecule has 21 heavy (non-hydrogen) atoms. The second kappa shape index (κ2) is 6.30. The Bertz CT molecular complexity index is 668. The monoisotopic (exact) mass is 389 g/mol. The molecule has 4 heteroatoms. The summed E-state index contributed by atoms with van der Waals surface area (Å²) < 4.78 is 2.87. The van der Waals surface area contributed by atoms with Crippen molar-refractivity contribution in [3.8, 4) is 0 Å². The van der Waals surface area contributed by atoms with Crippen LogP contribution in [-0.2, 0) is 6.54 Å². The summed E-state index contributed by atoms with van der Waals surface area (Å²) in [6.45, 7) is 0.739. The van der Waals surface area contributed by atoms with Crippen LogP contribution in [0.25, 0.3) is 0 Å². The molecule has 0 unspecified atom stereocenters. The highest BCUT2D eigenvalue weighted by molar-refractivity contribution is 14.1. The second-order valence-electron chi connectivity index (χ2n) is 4.93. The van der Waals surface area contributed by atoms with Crippen LogP contribution >= 0.6 is 22.6 Å². The maximum absolute atomic E-state index is 6.10. The highest BCUT2D eigenvalue weighted by Gasteiger charge is 2.17. The smallest absolute Gasteiger partial charge is 0.135 e. The molecule has 1 aromatic heterocycles. The third-order valence-corrected chi connectivity index (χ3v) is 4.42. The number of rotatable bonds is 4. The van der Waals surface area contributed by atoms with Crippen LogP contribution in [0.1, 0.15) is 17.0 Å². The Morgan fingerprint density at radius 1 is 0.952 bits per heavy atom. The minimum absolute atomic E-state index is 0.241. The van der Waals surface area contributed by atoms with Gasteiger partial charge < -0.3 is 5.73 Å². The van der Waals surface area contributed by atoms with E-state index in [1.54, 1.807) is 0 Å². The SMILES string of the molecule is Nc1c(I)cnn1CC(c1ccccc1)c1ccccc1. The molecule has 0 amide bonds. The molecule has 0 spiro atoms. The van der Waals surface area contributed by atoms with Gasteiger partial charge in [-0.05, 0) is 33.7 Å². The van der Waals surface area contributed by atoms with Crippen molar-refractivity contribution < 1.29 is 0 Å². The lowest BCUT2D eigenvalue weighted by Crippen LogP contribution is -2.14. The van der Waals surface area contributed by atoms with Gasteiger partial charge in [0.1, 0.15) is 5.82 Å². The van der Waals surface area contributed by atoms with Gasteiger partial charge in [0.2, 0.25) is 0 Å². The van der Waals surface area contributed by atoms with Crippen LogP contribution in [0.2, 0.25) is 0 Å². The molecule has 0 aliphatic heterocycles. The lowest BCUT2D eigenvalue weighted by molar-refractivity contribution is 0.570. The van der Waals surface area contributed by atoms with Crippen molar-refractivity contribution in [2.45, 2.75) is 12.5 Å². The van der Waals surface area contributed by atoms with Crippen molar-refractivity contribution in [3.63, 3.8) is 0 Å². The van der Waals surface area contributed by atoms with E-state index in [2.05, 4.69) is 76.2 Å². The first kappa shape index (κ1) is 14.1. The van der Waals surface area contributed by atoms with E-state index in [9.17, 15) is 0 Å². The number of anilines is 1. The molecule has 0 saturated carbocycles. The summed E-state index contributed by atoms with van der Waals surface area (Å²) in [4.78, 5) is 0. The lowest BCUT2D eigenvalue weighted by atomic mass is 9.91. The van der Waals surface area contributed by atoms with Gasteiger partial charge in [0.25, 0.3) is 0 Å². The molecule has 0 radical (unpaired) electrons. The topological polar surface area (TPSA) is 43.8 Å². The van der Waals surface area contributed by atoms with Gasteiger partial charge in [-0.1, -0.05) is 60.7 Å². The average Bonchev–Trinajstić information content (AvgIpc) is 2.86. The molecule has 0 bridgehead atoms. The number of benzene rings is 2. The molecular formula is C17H16IN3. The molecule has 3 nitrogen and oxygen atoms in total. The molecule has 0 aliphatic carbocycles. The molecule has 0 fully saturated rings. The highest BCUT2D eigenvalue weighted by Crippen LogP contribution is 2.27. The number of nitrogens with zero attached hydrogens (tertiary/aromatic N) is 2. The summed E-state index contributed by atoms with van der Waals surface area (Å²) in [6.07, 6.45) is 1.81. The summed E-state index contributed by atoms with van der Waals surface area (Å²) in [5.41, 5.74) is 8.64. The Morgan fingerprint density at radius 3 is 1.90 bits per heavy atom. The number of nitrogen functional groups attached to an aromatic ring is 1. The van der Waals surface area contributed by atoms with Crippen LogP contribution in [0.15, 0.2) is 66.9 Å². The van der Waals surface area contributed by atoms with E-state index in [0.717, 1.165) is 15.9 Å². The quantitative estimate of drug-likeness (QED) is 0.688. The standard InChI is InChI=1S/C17H16IN3/c18-16-11-20-21(17(16)19)12-15(13-7-3-1-4-8-13)14-9-5-2-6-10-14/h1-11,15H,12,19H2. The average molecular weight is 389 g/mol. The molecule has 2 N–H and O–H groups in total. The van der Waals surface area contributed by atoms with E-state index in [1.165, 1.54) is 11.1 Å². The first-order valence-corrected chi connectivity index (χ1v) is 7.90. The minimum Gasteiger partial charge on any atom is -0.383 e. The first-order valence-electron chi connectivity index (χ1n) is 6.82. The van der Waals surface area contributed by atoms with E-state index in [1.807, 2.05) is 23.0 Å². The summed E-state index contributed by atoms with van der Waals surface area (Å²) in [6, 6.07) is 21.0. The summed E-state index contributed by atoms with van der Waals surface area (Å²) in [5.74, 6) is 0.970. The van der Waals surface area contributed by atoms with Crippen LogP contribution in [0.3, 0.4) is 0 Å². The first-order chi connectivity index (χ1) is 10.3. The maximum atomic E-state index is 6.10. The zero-order valence-electron chi connectivity index (χ0n) is 11.5. The number of aromatic nitrogens is 2. The molecule has 0 atom stereocenters. The van der Waals surface area contributed by atoms with E-state index in [4.69, 9.17) is 5.73 Å². The molecular weight excluding hydrogens is 373 g/mol. The van der Waals surface area contributed by atoms with Crippen molar-refractivity contribution in [1.29, 1.82) is 0 Å². The summed E-state index contributed by atoms with van der Waals surface area (Å²) >= 11 is 2.21. The highest BCUT2D eigenvalue weighted by atomic mass is 127. The zero-order chi connectivity index (χ0) is 14.7. The molecule has 3 aromatic rings. The Hall–Kier alpha value is -1.82. The fraction of sp³-hybridized carbons (Fsp3) is 0.118. The zero-order valence-corrected chi connectivity index (χ0v) is 13.6. The molecule has 1 heterocycles. The van der Waals surface area contributed by atoms with Crippen molar-refractivity contribution in [3.05, 3.63) is 81.6 Å². The normalized spacial score (nSPS) is 11.0. The van der Waals surface area contributed by atoms with Gasteiger partial charge in [0, 0.05) is 5.92 Å². The third-order valence-electron chi connectivity index (χ3n) is 3.59. The molecule has 3 rings (SSSR count). The number of nitrogens with two attached hydrogens (primary N) is 1. The van der Waals surface area contributed by atoms with Crippen molar-refractivity contribution in [1.82, 2.24) is 9.78 Å². The second-order valence-corrected chi connectivity index (χ2v) is 6.10. The van der Waals surface area contributed by atoms with Crippen LogP contribution < -0.4 is 5.73 Å². The van der Waals surface area contributed by atoms with Gasteiger partial charge in [-0.25, -0.2) is 4.68 Å². The Morgan fingerprint density at radius 2 is 1.48 bits per heavy atom. The van der Waals surface area contributed by atoms with E-state index >= 15 is 0 Å². The summed E-state index contributed by atoms with van der Waals surface area (Å²) in [7, 11) is 0. The van der Waals surface area contributed by atoms with Gasteiger partial charge in [-0.2, -0.15) is 5.10 Å². The minimum atomic E-state index is 0.241. The van der Waals surface area contributed by atoms with E-state index in [0.29, 0.717) is 0 Å². The molecule has 0 aliphatic rings. The van der Waals surface area contributed by atoms with Gasteiger partial charge in [-0.3, -0.25) is 0 Å². The number of hydrogen-bond donors (Lipinski definition) is 1. The van der Waals surface area contributed by atoms with Gasteiger partial charge in [-0.15, -0.1) is 0 Å². The Kier molecular flexibility index (Phi) is 4.24. The van der Waals surface area contributed by atoms with Gasteiger partial charge >= 0.3 is 0 Å². The predicted octanol–water partition coefficient (Wildman–Crippen LogP) is 3.90. The Labute approximate surface area is 137 Å². The van der Waals surface area contributed by atoms with Crippen molar-refractivity contribution >= 4 is 28.4 Å². The van der Waals surface area contributed by atoms with Crippen LogP contribution in [-0.4, -0.2) is 9.78 Å². The molecule has 106 valence electrons. The molecule has 2 aromatic carbocycles.